The molecule has 0 unspecified atom stereocenters. The highest BCUT2D eigenvalue weighted by atomic mass is 16.6. The minimum Gasteiger partial charge on any atom is -0.383 e. The van der Waals surface area contributed by atoms with Gasteiger partial charge in [-0.1, -0.05) is 33.3 Å². The number of nitrogen functional groups attached to an aromatic ring is 1. The van der Waals surface area contributed by atoms with Crippen LogP contribution >= 0.6 is 0 Å². The van der Waals surface area contributed by atoms with Gasteiger partial charge in [-0.25, -0.2) is 4.79 Å². The standard InChI is InChI=1S/C20H27N5O5/c1-4-5-10-24-17(21)16(18(26)22-20(24)28)23(11-9-13(2)3)19(27)14-7-6-8-15(12-14)25(29)30/h6-8,12-13H,4-5,9-11,21H2,1-3H3,(H,22,26,28). The molecule has 1 aromatic carbocycles. The zero-order chi connectivity index (χ0) is 22.4. The molecule has 0 aliphatic carbocycles. The van der Waals surface area contributed by atoms with Crippen LogP contribution in [-0.2, 0) is 6.54 Å². The molecule has 0 radical (unpaired) electrons. The normalized spacial score (nSPS) is 10.9. The monoisotopic (exact) mass is 417 g/mol. The van der Waals surface area contributed by atoms with Crippen molar-refractivity contribution in [1.82, 2.24) is 9.55 Å². The number of non-ortho nitro benzene ring substituents is 1. The SMILES string of the molecule is CCCCn1c(N)c(N(CCC(C)C)C(=O)c2cccc([N+](=O)[O-])c2)c(=O)[nH]c1=O. The number of nitro groups is 1. The molecule has 1 heterocycles. The van der Waals surface area contributed by atoms with Crippen molar-refractivity contribution in [2.24, 2.45) is 5.92 Å². The third kappa shape index (κ3) is 5.13. The van der Waals surface area contributed by atoms with Crippen LogP contribution in [0.5, 0.6) is 0 Å². The fourth-order valence-electron chi connectivity index (χ4n) is 2.99. The van der Waals surface area contributed by atoms with Crippen molar-refractivity contribution in [1.29, 1.82) is 0 Å². The van der Waals surface area contributed by atoms with Crippen molar-refractivity contribution in [2.75, 3.05) is 17.2 Å². The summed E-state index contributed by atoms with van der Waals surface area (Å²) in [4.78, 5) is 52.0. The number of carbonyl (C=O) groups is 1. The van der Waals surface area contributed by atoms with Gasteiger partial charge in [0, 0.05) is 30.8 Å². The van der Waals surface area contributed by atoms with Gasteiger partial charge in [0.05, 0.1) is 4.92 Å². The first-order valence-electron chi connectivity index (χ1n) is 9.86. The highest BCUT2D eigenvalue weighted by molar-refractivity contribution is 6.07. The lowest BCUT2D eigenvalue weighted by molar-refractivity contribution is -0.384. The van der Waals surface area contributed by atoms with Crippen LogP contribution in [0.25, 0.3) is 0 Å². The van der Waals surface area contributed by atoms with Gasteiger partial charge in [-0.05, 0) is 24.8 Å². The molecule has 10 nitrogen and oxygen atoms in total. The Balaban J connectivity index is 2.61. The van der Waals surface area contributed by atoms with Gasteiger partial charge in [-0.3, -0.25) is 29.3 Å². The summed E-state index contributed by atoms with van der Waals surface area (Å²) in [5.41, 5.74) is 4.45. The Morgan fingerprint density at radius 2 is 2.03 bits per heavy atom. The predicted octanol–water partition coefficient (Wildman–Crippen LogP) is 2.52. The number of nitrogens with one attached hydrogen (secondary N) is 1. The lowest BCUT2D eigenvalue weighted by atomic mass is 10.1. The number of aromatic amines is 1. The molecule has 0 atom stereocenters. The van der Waals surface area contributed by atoms with Crippen molar-refractivity contribution >= 4 is 23.1 Å². The van der Waals surface area contributed by atoms with E-state index in [0.29, 0.717) is 19.4 Å². The molecule has 0 spiro atoms. The lowest BCUT2D eigenvalue weighted by Crippen LogP contribution is -2.42. The maximum atomic E-state index is 13.3. The molecule has 0 bridgehead atoms. The molecule has 2 rings (SSSR count). The number of H-pyrrole nitrogens is 1. The Morgan fingerprint density at radius 1 is 1.33 bits per heavy atom. The molecule has 0 saturated carbocycles. The molecule has 162 valence electrons. The average Bonchev–Trinajstić information content (AvgIpc) is 2.69. The minimum atomic E-state index is -0.771. The maximum Gasteiger partial charge on any atom is 0.330 e. The number of nitrogens with two attached hydrogens (primary N) is 1. The number of anilines is 2. The van der Waals surface area contributed by atoms with Gasteiger partial charge in [0.25, 0.3) is 17.2 Å². The van der Waals surface area contributed by atoms with E-state index in [0.717, 1.165) is 12.5 Å². The van der Waals surface area contributed by atoms with E-state index in [1.54, 1.807) is 0 Å². The lowest BCUT2D eigenvalue weighted by Gasteiger charge is -2.25. The summed E-state index contributed by atoms with van der Waals surface area (Å²) in [6.07, 6.45) is 2.04. The largest absolute Gasteiger partial charge is 0.383 e. The quantitative estimate of drug-likeness (QED) is 0.474. The zero-order valence-corrected chi connectivity index (χ0v) is 17.4. The van der Waals surface area contributed by atoms with Gasteiger partial charge in [0.2, 0.25) is 0 Å². The maximum absolute atomic E-state index is 13.3. The first kappa shape index (κ1) is 22.9. The van der Waals surface area contributed by atoms with Crippen molar-refractivity contribution in [3.63, 3.8) is 0 Å². The van der Waals surface area contributed by atoms with E-state index in [-0.39, 0.29) is 35.2 Å². The highest BCUT2D eigenvalue weighted by Gasteiger charge is 2.26. The van der Waals surface area contributed by atoms with Crippen LogP contribution in [0.3, 0.4) is 0 Å². The Hall–Kier alpha value is -3.43. The molecular weight excluding hydrogens is 390 g/mol. The first-order valence-corrected chi connectivity index (χ1v) is 9.86. The second-order valence-electron chi connectivity index (χ2n) is 7.45. The van der Waals surface area contributed by atoms with Crippen molar-refractivity contribution < 1.29 is 9.72 Å². The molecule has 2 aromatic rings. The number of amides is 1. The summed E-state index contributed by atoms with van der Waals surface area (Å²) >= 11 is 0. The van der Waals surface area contributed by atoms with Crippen LogP contribution in [0.15, 0.2) is 33.9 Å². The van der Waals surface area contributed by atoms with Gasteiger partial charge in [-0.15, -0.1) is 0 Å². The average molecular weight is 417 g/mol. The smallest absolute Gasteiger partial charge is 0.330 e. The van der Waals surface area contributed by atoms with Gasteiger partial charge in [0.1, 0.15) is 5.82 Å². The number of benzene rings is 1. The highest BCUT2D eigenvalue weighted by Crippen LogP contribution is 2.23. The van der Waals surface area contributed by atoms with E-state index in [4.69, 9.17) is 5.73 Å². The Morgan fingerprint density at radius 3 is 2.63 bits per heavy atom. The summed E-state index contributed by atoms with van der Waals surface area (Å²) in [6.45, 7) is 6.35. The number of rotatable bonds is 9. The second-order valence-corrected chi connectivity index (χ2v) is 7.45. The van der Waals surface area contributed by atoms with Crippen LogP contribution in [0.2, 0.25) is 0 Å². The van der Waals surface area contributed by atoms with E-state index >= 15 is 0 Å². The molecule has 30 heavy (non-hydrogen) atoms. The summed E-state index contributed by atoms with van der Waals surface area (Å²) in [5.74, 6) is -0.478. The van der Waals surface area contributed by atoms with Crippen molar-refractivity contribution in [3.8, 4) is 0 Å². The van der Waals surface area contributed by atoms with Gasteiger partial charge in [-0.2, -0.15) is 0 Å². The molecule has 10 heteroatoms. The Kier molecular flexibility index (Phi) is 7.51. The van der Waals surface area contributed by atoms with E-state index in [2.05, 4.69) is 4.98 Å². The number of nitrogens with zero attached hydrogens (tertiary/aromatic N) is 3. The third-order valence-electron chi connectivity index (χ3n) is 4.70. The topological polar surface area (TPSA) is 144 Å². The Bertz CT molecular complexity index is 1040. The number of nitro benzene ring substituents is 1. The van der Waals surface area contributed by atoms with Crippen LogP contribution in [0.4, 0.5) is 17.2 Å². The molecule has 1 aromatic heterocycles. The number of unbranched alkanes of at least 4 members (excludes halogenated alkanes) is 1. The van der Waals surface area contributed by atoms with E-state index < -0.39 is 22.1 Å². The Labute approximate surface area is 173 Å². The van der Waals surface area contributed by atoms with Gasteiger partial charge >= 0.3 is 5.69 Å². The zero-order valence-electron chi connectivity index (χ0n) is 17.4. The number of hydrogen-bond acceptors (Lipinski definition) is 6. The summed E-state index contributed by atoms with van der Waals surface area (Å²) < 4.78 is 1.24. The number of hydrogen-bond donors (Lipinski definition) is 2. The predicted molar refractivity (Wildman–Crippen MR) is 115 cm³/mol. The summed E-state index contributed by atoms with van der Waals surface area (Å²) in [5, 5.41) is 11.1. The van der Waals surface area contributed by atoms with E-state index in [9.17, 15) is 24.5 Å². The molecule has 0 aliphatic heterocycles. The summed E-state index contributed by atoms with van der Waals surface area (Å²) in [7, 11) is 0. The minimum absolute atomic E-state index is 0.0538. The van der Waals surface area contributed by atoms with E-state index in [1.807, 2.05) is 20.8 Å². The van der Waals surface area contributed by atoms with Gasteiger partial charge < -0.3 is 10.6 Å². The number of carbonyl (C=O) groups excluding carboxylic acids is 1. The fourth-order valence-corrected chi connectivity index (χ4v) is 2.99. The van der Waals surface area contributed by atoms with E-state index in [1.165, 1.54) is 27.7 Å². The fraction of sp³-hybridized carbons (Fsp3) is 0.450. The molecule has 1 amide bonds. The second kappa shape index (κ2) is 9.86. The summed E-state index contributed by atoms with van der Waals surface area (Å²) in [6, 6.07) is 5.28. The number of aromatic nitrogens is 2. The first-order chi connectivity index (χ1) is 14.2. The molecule has 0 saturated heterocycles. The third-order valence-corrected chi connectivity index (χ3v) is 4.70. The van der Waals surface area contributed by atoms with Crippen molar-refractivity contribution in [2.45, 2.75) is 46.6 Å². The van der Waals surface area contributed by atoms with Crippen molar-refractivity contribution in [3.05, 3.63) is 60.8 Å². The molecule has 3 N–H and O–H groups in total. The molecule has 0 aliphatic rings. The van der Waals surface area contributed by atoms with Crippen LogP contribution in [0, 0.1) is 16.0 Å². The van der Waals surface area contributed by atoms with Gasteiger partial charge in [0.15, 0.2) is 5.69 Å². The van der Waals surface area contributed by atoms with Crippen LogP contribution in [0.1, 0.15) is 50.4 Å². The molecule has 0 fully saturated rings. The van der Waals surface area contributed by atoms with Crippen LogP contribution in [-0.4, -0.2) is 26.9 Å². The van der Waals surface area contributed by atoms with Crippen LogP contribution < -0.4 is 21.9 Å². The molecular formula is C20H27N5O5.